The molecule has 21 heavy (non-hydrogen) atoms. The molecule has 0 aliphatic rings. The number of para-hydroxylation sites is 1. The van der Waals surface area contributed by atoms with Crippen LogP contribution in [0.4, 0.5) is 0 Å². The molecule has 6 heteroatoms. The van der Waals surface area contributed by atoms with Gasteiger partial charge >= 0.3 is 0 Å². The van der Waals surface area contributed by atoms with E-state index in [0.29, 0.717) is 16.7 Å². The maximum atomic E-state index is 12.2. The first-order valence-electron chi connectivity index (χ1n) is 6.21. The van der Waals surface area contributed by atoms with Crippen LogP contribution in [0.1, 0.15) is 16.7 Å². The number of aryl methyl sites for hydroxylation is 1. The van der Waals surface area contributed by atoms with E-state index in [1.54, 1.807) is 25.1 Å². The summed E-state index contributed by atoms with van der Waals surface area (Å²) in [6.45, 7) is 1.68. The number of hydrogen-bond acceptors (Lipinski definition) is 4. The van der Waals surface area contributed by atoms with Crippen LogP contribution in [0.2, 0.25) is 0 Å². The fourth-order valence-electron chi connectivity index (χ4n) is 1.85. The molecule has 2 N–H and O–H groups in total. The Morgan fingerprint density at radius 3 is 2.57 bits per heavy atom. The fourth-order valence-corrected chi connectivity index (χ4v) is 2.94. The summed E-state index contributed by atoms with van der Waals surface area (Å²) in [5.74, 6) is 0.0382. The van der Waals surface area contributed by atoms with Crippen LogP contribution in [0.15, 0.2) is 47.4 Å². The lowest BCUT2D eigenvalue weighted by molar-refractivity contribution is 0.467. The lowest BCUT2D eigenvalue weighted by atomic mass is 10.1. The molecule has 0 saturated carbocycles. The second-order valence-electron chi connectivity index (χ2n) is 4.54. The Bertz CT molecular complexity index is 808. The Hall–Kier alpha value is -2.36. The molecule has 0 amide bonds. The molecule has 0 aliphatic carbocycles. The molecule has 0 fully saturated rings. The van der Waals surface area contributed by atoms with Crippen molar-refractivity contribution in [3.8, 4) is 11.8 Å². The molecule has 2 aromatic rings. The first-order chi connectivity index (χ1) is 9.94. The van der Waals surface area contributed by atoms with Gasteiger partial charge in [-0.15, -0.1) is 0 Å². The number of phenolic OH excluding ortho intramolecular Hbond substituents is 1. The second-order valence-corrected chi connectivity index (χ2v) is 6.31. The van der Waals surface area contributed by atoms with Crippen LogP contribution in [-0.4, -0.2) is 13.5 Å². The van der Waals surface area contributed by atoms with E-state index in [-0.39, 0.29) is 17.2 Å². The van der Waals surface area contributed by atoms with Crippen LogP contribution in [0.3, 0.4) is 0 Å². The molecule has 2 rings (SSSR count). The summed E-state index contributed by atoms with van der Waals surface area (Å²) in [4.78, 5) is 0.0921. The largest absolute Gasteiger partial charge is 0.508 e. The number of benzene rings is 2. The highest BCUT2D eigenvalue weighted by Gasteiger charge is 2.15. The van der Waals surface area contributed by atoms with E-state index in [1.807, 2.05) is 6.07 Å². The molecule has 0 aliphatic heterocycles. The number of rotatable bonds is 4. The zero-order valence-electron chi connectivity index (χ0n) is 11.4. The smallest absolute Gasteiger partial charge is 0.240 e. The van der Waals surface area contributed by atoms with Crippen molar-refractivity contribution in [3.63, 3.8) is 0 Å². The van der Waals surface area contributed by atoms with Gasteiger partial charge in [0.15, 0.2) is 0 Å². The molecule has 5 nitrogen and oxygen atoms in total. The van der Waals surface area contributed by atoms with Crippen molar-refractivity contribution in [1.82, 2.24) is 4.72 Å². The SMILES string of the molecule is Cc1cc(S(=O)(=O)NCc2ccccc2O)ccc1C#N. The van der Waals surface area contributed by atoms with E-state index in [4.69, 9.17) is 5.26 Å². The Morgan fingerprint density at radius 2 is 1.95 bits per heavy atom. The van der Waals surface area contributed by atoms with Crippen molar-refractivity contribution < 1.29 is 13.5 Å². The molecule has 0 spiro atoms. The fraction of sp³-hybridized carbons (Fsp3) is 0.133. The third kappa shape index (κ3) is 3.40. The highest BCUT2D eigenvalue weighted by molar-refractivity contribution is 7.89. The van der Waals surface area contributed by atoms with Gasteiger partial charge in [0.05, 0.1) is 16.5 Å². The molecule has 0 saturated heterocycles. The molecular formula is C15H14N2O3S. The summed E-state index contributed by atoms with van der Waals surface area (Å²) in [7, 11) is -3.69. The minimum atomic E-state index is -3.69. The molecule has 0 heterocycles. The van der Waals surface area contributed by atoms with Crippen LogP contribution >= 0.6 is 0 Å². The van der Waals surface area contributed by atoms with Gasteiger partial charge in [-0.05, 0) is 36.8 Å². The predicted molar refractivity (Wildman–Crippen MR) is 78.0 cm³/mol. The van der Waals surface area contributed by atoms with E-state index in [2.05, 4.69) is 4.72 Å². The van der Waals surface area contributed by atoms with Crippen molar-refractivity contribution in [2.75, 3.05) is 0 Å². The number of nitrogens with zero attached hydrogens (tertiary/aromatic N) is 1. The van der Waals surface area contributed by atoms with E-state index in [0.717, 1.165) is 0 Å². The summed E-state index contributed by atoms with van der Waals surface area (Å²) < 4.78 is 26.8. The zero-order chi connectivity index (χ0) is 15.5. The maximum Gasteiger partial charge on any atom is 0.240 e. The number of hydrogen-bond donors (Lipinski definition) is 2. The summed E-state index contributed by atoms with van der Waals surface area (Å²) >= 11 is 0. The van der Waals surface area contributed by atoms with Gasteiger partial charge in [0.25, 0.3) is 0 Å². The Balaban J connectivity index is 2.21. The van der Waals surface area contributed by atoms with Gasteiger partial charge in [-0.1, -0.05) is 18.2 Å². The first kappa shape index (κ1) is 15.0. The van der Waals surface area contributed by atoms with Gasteiger partial charge in [0.1, 0.15) is 5.75 Å². The second kappa shape index (κ2) is 5.95. The van der Waals surface area contributed by atoms with E-state index < -0.39 is 10.0 Å². The van der Waals surface area contributed by atoms with Gasteiger partial charge in [-0.3, -0.25) is 0 Å². The van der Waals surface area contributed by atoms with Crippen molar-refractivity contribution in [2.45, 2.75) is 18.4 Å². The highest BCUT2D eigenvalue weighted by Crippen LogP contribution is 2.18. The van der Waals surface area contributed by atoms with Crippen LogP contribution in [0, 0.1) is 18.3 Å². The van der Waals surface area contributed by atoms with E-state index in [9.17, 15) is 13.5 Å². The van der Waals surface area contributed by atoms with Gasteiger partial charge in [0, 0.05) is 12.1 Å². The standard InChI is InChI=1S/C15H14N2O3S/c1-11-8-14(7-6-12(11)9-16)21(19,20)17-10-13-4-2-3-5-15(13)18/h2-8,17-18H,10H2,1H3. The Kier molecular flexibility index (Phi) is 4.26. The third-order valence-corrected chi connectivity index (χ3v) is 4.47. The number of nitriles is 1. The minimum absolute atomic E-state index is 0.00590. The van der Waals surface area contributed by atoms with Crippen LogP contribution in [0.5, 0.6) is 5.75 Å². The number of phenols is 1. The van der Waals surface area contributed by atoms with Crippen LogP contribution < -0.4 is 4.72 Å². The third-order valence-electron chi connectivity index (χ3n) is 3.07. The molecular weight excluding hydrogens is 288 g/mol. The molecule has 0 aromatic heterocycles. The van der Waals surface area contributed by atoms with Gasteiger partial charge in [-0.25, -0.2) is 13.1 Å². The van der Waals surface area contributed by atoms with Crippen LogP contribution in [-0.2, 0) is 16.6 Å². The monoisotopic (exact) mass is 302 g/mol. The Morgan fingerprint density at radius 1 is 1.24 bits per heavy atom. The predicted octanol–water partition coefficient (Wildman–Crippen LogP) is 2.05. The average molecular weight is 302 g/mol. The average Bonchev–Trinajstić information content (AvgIpc) is 2.46. The normalized spacial score (nSPS) is 11.0. The summed E-state index contributed by atoms with van der Waals surface area (Å²) in [6.07, 6.45) is 0. The zero-order valence-corrected chi connectivity index (χ0v) is 12.2. The molecule has 2 aromatic carbocycles. The highest BCUT2D eigenvalue weighted by atomic mass is 32.2. The van der Waals surface area contributed by atoms with Crippen molar-refractivity contribution in [1.29, 1.82) is 5.26 Å². The summed E-state index contributed by atoms with van der Waals surface area (Å²) in [6, 6.07) is 12.8. The molecule has 0 bridgehead atoms. The molecule has 0 unspecified atom stereocenters. The summed E-state index contributed by atoms with van der Waals surface area (Å²) in [5.41, 5.74) is 1.53. The summed E-state index contributed by atoms with van der Waals surface area (Å²) in [5, 5.41) is 18.5. The first-order valence-corrected chi connectivity index (χ1v) is 7.69. The van der Waals surface area contributed by atoms with Crippen LogP contribution in [0.25, 0.3) is 0 Å². The molecule has 0 radical (unpaired) electrons. The quantitative estimate of drug-likeness (QED) is 0.904. The number of nitrogens with one attached hydrogen (secondary N) is 1. The molecule has 0 atom stereocenters. The van der Waals surface area contributed by atoms with E-state index in [1.165, 1.54) is 24.3 Å². The number of aromatic hydroxyl groups is 1. The van der Waals surface area contributed by atoms with Crippen molar-refractivity contribution >= 4 is 10.0 Å². The topological polar surface area (TPSA) is 90.2 Å². The minimum Gasteiger partial charge on any atom is -0.508 e. The molecule has 108 valence electrons. The van der Waals surface area contributed by atoms with Gasteiger partial charge < -0.3 is 5.11 Å². The Labute approximate surface area is 123 Å². The lowest BCUT2D eigenvalue weighted by Gasteiger charge is -2.09. The lowest BCUT2D eigenvalue weighted by Crippen LogP contribution is -2.23. The van der Waals surface area contributed by atoms with E-state index >= 15 is 0 Å². The van der Waals surface area contributed by atoms with Crippen molar-refractivity contribution in [3.05, 3.63) is 59.2 Å². The van der Waals surface area contributed by atoms with Crippen molar-refractivity contribution in [2.24, 2.45) is 0 Å². The van der Waals surface area contributed by atoms with Gasteiger partial charge in [0.2, 0.25) is 10.0 Å². The van der Waals surface area contributed by atoms with Gasteiger partial charge in [-0.2, -0.15) is 5.26 Å². The number of sulfonamides is 1. The maximum absolute atomic E-state index is 12.2.